The molecule has 22 heavy (non-hydrogen) atoms. The quantitative estimate of drug-likeness (QED) is 0.670. The Morgan fingerprint density at radius 1 is 0.955 bits per heavy atom. The Morgan fingerprint density at radius 2 is 1.50 bits per heavy atom. The largest absolute Gasteiger partial charge is 0.511 e. The van der Waals surface area contributed by atoms with Crippen LogP contribution in [0.15, 0.2) is 48.5 Å². The van der Waals surface area contributed by atoms with E-state index in [1.807, 2.05) is 12.1 Å². The molecule has 0 atom stereocenters. The van der Waals surface area contributed by atoms with E-state index in [9.17, 15) is 9.59 Å². The van der Waals surface area contributed by atoms with Gasteiger partial charge in [0.25, 0.3) is 5.91 Å². The Morgan fingerprint density at radius 3 is 2.00 bits per heavy atom. The maximum Gasteiger partial charge on any atom is 0.511 e. The highest BCUT2D eigenvalue weighted by Crippen LogP contribution is 2.24. The second-order valence-electron chi connectivity index (χ2n) is 5.22. The molecule has 2 N–H and O–H groups in total. The second kappa shape index (κ2) is 5.89. The molecule has 0 heterocycles. The molecule has 2 aromatic rings. The van der Waals surface area contributed by atoms with E-state index < -0.39 is 6.16 Å². The third-order valence-corrected chi connectivity index (χ3v) is 3.45. The van der Waals surface area contributed by atoms with Crippen molar-refractivity contribution in [2.24, 2.45) is 0 Å². The van der Waals surface area contributed by atoms with Crippen LogP contribution in [0.3, 0.4) is 0 Å². The highest BCUT2D eigenvalue weighted by Gasteiger charge is 2.23. The van der Waals surface area contributed by atoms with Gasteiger partial charge in [-0.15, -0.1) is 0 Å². The molecule has 0 spiro atoms. The SMILES string of the molecule is O=C(O)Oc1ccc(-c2ccc(C(=O)NC3CC3)cc2)cc1. The monoisotopic (exact) mass is 297 g/mol. The van der Waals surface area contributed by atoms with E-state index in [1.165, 1.54) is 0 Å². The van der Waals surface area contributed by atoms with Gasteiger partial charge in [0.1, 0.15) is 5.75 Å². The maximum atomic E-state index is 11.9. The number of hydrogen-bond acceptors (Lipinski definition) is 3. The Balaban J connectivity index is 1.71. The first-order valence-corrected chi connectivity index (χ1v) is 7.04. The molecule has 0 saturated heterocycles. The Bertz CT molecular complexity index is 688. The number of ether oxygens (including phenoxy) is 1. The van der Waals surface area contributed by atoms with Crippen molar-refractivity contribution in [3.05, 3.63) is 54.1 Å². The van der Waals surface area contributed by atoms with E-state index in [0.29, 0.717) is 11.6 Å². The van der Waals surface area contributed by atoms with E-state index in [2.05, 4.69) is 10.1 Å². The third-order valence-electron chi connectivity index (χ3n) is 3.45. The van der Waals surface area contributed by atoms with Crippen molar-refractivity contribution in [3.63, 3.8) is 0 Å². The van der Waals surface area contributed by atoms with Gasteiger partial charge in [-0.2, -0.15) is 0 Å². The number of nitrogens with one attached hydrogen (secondary N) is 1. The predicted octanol–water partition coefficient (Wildman–Crippen LogP) is 3.30. The molecular weight excluding hydrogens is 282 g/mol. The van der Waals surface area contributed by atoms with Crippen LogP contribution in [0.25, 0.3) is 11.1 Å². The lowest BCUT2D eigenvalue weighted by molar-refractivity contribution is 0.0951. The molecule has 5 nitrogen and oxygen atoms in total. The molecule has 112 valence electrons. The minimum absolute atomic E-state index is 0.0424. The van der Waals surface area contributed by atoms with Crippen LogP contribution >= 0.6 is 0 Å². The Hall–Kier alpha value is -2.82. The molecule has 1 fully saturated rings. The van der Waals surface area contributed by atoms with Gasteiger partial charge in [0, 0.05) is 11.6 Å². The number of benzene rings is 2. The van der Waals surface area contributed by atoms with Crippen molar-refractivity contribution in [2.45, 2.75) is 18.9 Å². The van der Waals surface area contributed by atoms with Crippen molar-refractivity contribution in [1.29, 1.82) is 0 Å². The molecule has 1 aliphatic carbocycles. The number of hydrogen-bond donors (Lipinski definition) is 2. The Kier molecular flexibility index (Phi) is 3.78. The van der Waals surface area contributed by atoms with Crippen molar-refractivity contribution in [2.75, 3.05) is 0 Å². The normalized spacial score (nSPS) is 13.5. The summed E-state index contributed by atoms with van der Waals surface area (Å²) >= 11 is 0. The molecule has 2 aromatic carbocycles. The predicted molar refractivity (Wildman–Crippen MR) is 81.0 cm³/mol. The number of carboxylic acid groups (broad SMARTS) is 1. The minimum Gasteiger partial charge on any atom is -0.449 e. The standard InChI is InChI=1S/C17H15NO4/c19-16(18-14-7-8-14)13-3-1-11(2-4-13)12-5-9-15(10-6-12)22-17(20)21/h1-6,9-10,14H,7-8H2,(H,18,19)(H,20,21). The maximum absolute atomic E-state index is 11.9. The summed E-state index contributed by atoms with van der Waals surface area (Å²) in [4.78, 5) is 22.4. The average molecular weight is 297 g/mol. The van der Waals surface area contributed by atoms with Crippen LogP contribution in [0.1, 0.15) is 23.2 Å². The topological polar surface area (TPSA) is 75.6 Å². The number of rotatable bonds is 4. The third kappa shape index (κ3) is 3.44. The van der Waals surface area contributed by atoms with Gasteiger partial charge in [-0.1, -0.05) is 24.3 Å². The van der Waals surface area contributed by atoms with Gasteiger partial charge in [0.2, 0.25) is 0 Å². The molecule has 5 heteroatoms. The average Bonchev–Trinajstić information content (AvgIpc) is 3.31. The molecule has 1 amide bonds. The summed E-state index contributed by atoms with van der Waals surface area (Å²) in [6.07, 6.45) is 0.794. The number of carbonyl (C=O) groups is 2. The highest BCUT2D eigenvalue weighted by molar-refractivity contribution is 5.95. The van der Waals surface area contributed by atoms with Crippen LogP contribution < -0.4 is 10.1 Å². The first kappa shape index (κ1) is 14.1. The van der Waals surface area contributed by atoms with Crippen molar-refractivity contribution in [3.8, 4) is 16.9 Å². The molecule has 0 radical (unpaired) electrons. The fraction of sp³-hybridized carbons (Fsp3) is 0.176. The molecule has 0 bridgehead atoms. The summed E-state index contributed by atoms with van der Waals surface area (Å²) in [7, 11) is 0. The summed E-state index contributed by atoms with van der Waals surface area (Å²) in [5.41, 5.74) is 2.51. The minimum atomic E-state index is -1.33. The van der Waals surface area contributed by atoms with Crippen molar-refractivity contribution < 1.29 is 19.4 Å². The molecule has 0 aromatic heterocycles. The van der Waals surface area contributed by atoms with E-state index >= 15 is 0 Å². The van der Waals surface area contributed by atoms with Crippen LogP contribution in [-0.2, 0) is 0 Å². The summed E-state index contributed by atoms with van der Waals surface area (Å²) < 4.78 is 4.56. The van der Waals surface area contributed by atoms with Gasteiger partial charge >= 0.3 is 6.16 Å². The summed E-state index contributed by atoms with van der Waals surface area (Å²) in [5.74, 6) is 0.232. The van der Waals surface area contributed by atoms with E-state index in [1.54, 1.807) is 36.4 Å². The zero-order valence-electron chi connectivity index (χ0n) is 11.8. The van der Waals surface area contributed by atoms with Gasteiger partial charge in [0.05, 0.1) is 0 Å². The van der Waals surface area contributed by atoms with Crippen LogP contribution in [0, 0.1) is 0 Å². The molecule has 1 saturated carbocycles. The van der Waals surface area contributed by atoms with Crippen molar-refractivity contribution >= 4 is 12.1 Å². The fourth-order valence-electron chi connectivity index (χ4n) is 2.13. The fourth-order valence-corrected chi connectivity index (χ4v) is 2.13. The molecule has 0 aliphatic heterocycles. The first-order chi connectivity index (χ1) is 10.6. The lowest BCUT2D eigenvalue weighted by atomic mass is 10.0. The molecular formula is C17H15NO4. The zero-order valence-corrected chi connectivity index (χ0v) is 11.8. The van der Waals surface area contributed by atoms with E-state index in [0.717, 1.165) is 24.0 Å². The lowest BCUT2D eigenvalue weighted by Crippen LogP contribution is -2.25. The first-order valence-electron chi connectivity index (χ1n) is 7.04. The van der Waals surface area contributed by atoms with Gasteiger partial charge in [-0.25, -0.2) is 4.79 Å². The Labute approximate surface area is 127 Å². The van der Waals surface area contributed by atoms with E-state index in [-0.39, 0.29) is 11.7 Å². The molecule has 3 rings (SSSR count). The van der Waals surface area contributed by atoms with Crippen LogP contribution in [0.4, 0.5) is 4.79 Å². The zero-order chi connectivity index (χ0) is 15.5. The van der Waals surface area contributed by atoms with Crippen LogP contribution in [0.5, 0.6) is 5.75 Å². The number of carbonyl (C=O) groups excluding carboxylic acids is 1. The van der Waals surface area contributed by atoms with E-state index in [4.69, 9.17) is 5.11 Å². The van der Waals surface area contributed by atoms with Gasteiger partial charge < -0.3 is 15.2 Å². The molecule has 0 unspecified atom stereocenters. The van der Waals surface area contributed by atoms with Crippen molar-refractivity contribution in [1.82, 2.24) is 5.32 Å². The lowest BCUT2D eigenvalue weighted by Gasteiger charge is -2.06. The summed E-state index contributed by atoms with van der Waals surface area (Å²) in [6, 6.07) is 14.4. The van der Waals surface area contributed by atoms with Gasteiger partial charge in [-0.05, 0) is 48.2 Å². The number of amides is 1. The van der Waals surface area contributed by atoms with Crippen LogP contribution in [-0.4, -0.2) is 23.2 Å². The van der Waals surface area contributed by atoms with Gasteiger partial charge in [0.15, 0.2) is 0 Å². The second-order valence-corrected chi connectivity index (χ2v) is 5.22. The van der Waals surface area contributed by atoms with Gasteiger partial charge in [-0.3, -0.25) is 4.79 Å². The van der Waals surface area contributed by atoms with Crippen LogP contribution in [0.2, 0.25) is 0 Å². The smallest absolute Gasteiger partial charge is 0.449 e. The highest BCUT2D eigenvalue weighted by atomic mass is 16.7. The summed E-state index contributed by atoms with van der Waals surface area (Å²) in [6.45, 7) is 0. The summed E-state index contributed by atoms with van der Waals surface area (Å²) in [5, 5.41) is 11.5. The molecule has 1 aliphatic rings.